The molecule has 0 atom stereocenters. The minimum Gasteiger partial charge on any atom is -0.279 e. The van der Waals surface area contributed by atoms with Gasteiger partial charge in [-0.05, 0) is 30.8 Å². The van der Waals surface area contributed by atoms with Crippen LogP contribution in [0.15, 0.2) is 18.2 Å². The average molecular weight is 240 g/mol. The van der Waals surface area contributed by atoms with E-state index in [0.717, 1.165) is 22.0 Å². The third-order valence-electron chi connectivity index (χ3n) is 2.21. The number of benzene rings is 1. The maximum atomic E-state index is 6.04. The SMILES string of the molecule is Cc1ccc(-c2nc(=S)n(C)[nH]2)cc1Cl. The first-order valence-electron chi connectivity index (χ1n) is 4.47. The summed E-state index contributed by atoms with van der Waals surface area (Å²) in [5.41, 5.74) is 1.99. The quantitative estimate of drug-likeness (QED) is 0.776. The second-order valence-electron chi connectivity index (χ2n) is 3.38. The van der Waals surface area contributed by atoms with Crippen LogP contribution in [0.25, 0.3) is 11.4 Å². The number of aromatic nitrogens is 3. The Labute approximate surface area is 97.7 Å². The van der Waals surface area contributed by atoms with Crippen molar-refractivity contribution in [3.8, 4) is 11.4 Å². The highest BCUT2D eigenvalue weighted by Gasteiger charge is 2.04. The van der Waals surface area contributed by atoms with Gasteiger partial charge >= 0.3 is 0 Å². The molecule has 0 radical (unpaired) electrons. The third kappa shape index (κ3) is 1.96. The highest BCUT2D eigenvalue weighted by atomic mass is 35.5. The van der Waals surface area contributed by atoms with Crippen LogP contribution in [0.3, 0.4) is 0 Å². The summed E-state index contributed by atoms with van der Waals surface area (Å²) >= 11 is 11.1. The minimum atomic E-state index is 0.529. The summed E-state index contributed by atoms with van der Waals surface area (Å²) in [5.74, 6) is 0.740. The molecule has 0 bridgehead atoms. The topological polar surface area (TPSA) is 33.6 Å². The van der Waals surface area contributed by atoms with Gasteiger partial charge in [0.2, 0.25) is 4.77 Å². The molecule has 5 heteroatoms. The Morgan fingerprint density at radius 1 is 1.47 bits per heavy atom. The Hall–Kier alpha value is -1.13. The van der Waals surface area contributed by atoms with E-state index in [9.17, 15) is 0 Å². The maximum absolute atomic E-state index is 6.04. The number of rotatable bonds is 1. The molecule has 0 unspecified atom stereocenters. The molecule has 1 aromatic carbocycles. The molecule has 0 saturated carbocycles. The predicted molar refractivity (Wildman–Crippen MR) is 63.6 cm³/mol. The number of nitrogens with one attached hydrogen (secondary N) is 1. The monoisotopic (exact) mass is 239 g/mol. The zero-order valence-electron chi connectivity index (χ0n) is 8.41. The van der Waals surface area contributed by atoms with E-state index in [1.54, 1.807) is 4.68 Å². The Morgan fingerprint density at radius 3 is 2.73 bits per heavy atom. The van der Waals surface area contributed by atoms with Crippen LogP contribution in [0, 0.1) is 11.7 Å². The zero-order chi connectivity index (χ0) is 11.0. The fourth-order valence-corrected chi connectivity index (χ4v) is 1.59. The van der Waals surface area contributed by atoms with Crippen molar-refractivity contribution in [3.05, 3.63) is 33.6 Å². The van der Waals surface area contributed by atoms with Crippen LogP contribution in [0.1, 0.15) is 5.56 Å². The smallest absolute Gasteiger partial charge is 0.216 e. The van der Waals surface area contributed by atoms with Crippen LogP contribution in [0.2, 0.25) is 5.02 Å². The summed E-state index contributed by atoms with van der Waals surface area (Å²) in [6.07, 6.45) is 0. The molecule has 1 N–H and O–H groups in total. The maximum Gasteiger partial charge on any atom is 0.216 e. The van der Waals surface area contributed by atoms with Gasteiger partial charge in [-0.25, -0.2) is 0 Å². The molecule has 1 heterocycles. The molecule has 0 fully saturated rings. The summed E-state index contributed by atoms with van der Waals surface area (Å²) in [4.78, 5) is 4.21. The van der Waals surface area contributed by atoms with Gasteiger partial charge < -0.3 is 0 Å². The van der Waals surface area contributed by atoms with Crippen molar-refractivity contribution in [1.82, 2.24) is 14.8 Å². The van der Waals surface area contributed by atoms with Gasteiger partial charge in [0.15, 0.2) is 5.82 Å². The van der Waals surface area contributed by atoms with Crippen molar-refractivity contribution in [1.29, 1.82) is 0 Å². The number of nitrogens with zero attached hydrogens (tertiary/aromatic N) is 2. The first kappa shape index (κ1) is 10.4. The van der Waals surface area contributed by atoms with E-state index in [1.807, 2.05) is 32.2 Å². The lowest BCUT2D eigenvalue weighted by molar-refractivity contribution is 0.756. The standard InChI is InChI=1S/C10H10ClN3S/c1-6-3-4-7(5-8(6)11)9-12-10(15)14(2)13-9/h3-5H,1-2H3,(H,12,13,15). The zero-order valence-corrected chi connectivity index (χ0v) is 9.99. The minimum absolute atomic E-state index is 0.529. The molecule has 0 aliphatic rings. The Bertz CT molecular complexity index is 556. The summed E-state index contributed by atoms with van der Waals surface area (Å²) in [5, 5.41) is 3.78. The number of hydrogen-bond acceptors (Lipinski definition) is 2. The summed E-state index contributed by atoms with van der Waals surface area (Å²) in [6, 6.07) is 5.81. The molecule has 2 aromatic rings. The van der Waals surface area contributed by atoms with Crippen molar-refractivity contribution in [3.63, 3.8) is 0 Å². The van der Waals surface area contributed by atoms with Gasteiger partial charge in [0.05, 0.1) is 0 Å². The normalized spacial score (nSPS) is 10.6. The van der Waals surface area contributed by atoms with Crippen LogP contribution in [-0.4, -0.2) is 14.8 Å². The van der Waals surface area contributed by atoms with Gasteiger partial charge in [-0.1, -0.05) is 23.7 Å². The molecule has 78 valence electrons. The van der Waals surface area contributed by atoms with E-state index >= 15 is 0 Å². The Kier molecular flexibility index (Phi) is 2.63. The second-order valence-corrected chi connectivity index (χ2v) is 4.15. The molecule has 15 heavy (non-hydrogen) atoms. The number of hydrogen-bond donors (Lipinski definition) is 1. The average Bonchev–Trinajstić information content (AvgIpc) is 2.52. The van der Waals surface area contributed by atoms with Crippen molar-refractivity contribution in [2.75, 3.05) is 0 Å². The van der Waals surface area contributed by atoms with E-state index in [1.165, 1.54) is 0 Å². The lowest BCUT2D eigenvalue weighted by atomic mass is 10.1. The molecular weight excluding hydrogens is 230 g/mol. The number of halogens is 1. The van der Waals surface area contributed by atoms with E-state index in [2.05, 4.69) is 10.1 Å². The second kappa shape index (κ2) is 3.79. The highest BCUT2D eigenvalue weighted by Crippen LogP contribution is 2.22. The van der Waals surface area contributed by atoms with Crippen molar-refractivity contribution in [2.24, 2.45) is 7.05 Å². The van der Waals surface area contributed by atoms with Gasteiger partial charge in [0, 0.05) is 17.6 Å². The highest BCUT2D eigenvalue weighted by molar-refractivity contribution is 7.71. The lowest BCUT2D eigenvalue weighted by Gasteiger charge is -2.00. The fraction of sp³-hybridized carbons (Fsp3) is 0.200. The molecule has 1 aromatic heterocycles. The number of aromatic amines is 1. The van der Waals surface area contributed by atoms with E-state index < -0.39 is 0 Å². The van der Waals surface area contributed by atoms with Crippen LogP contribution in [-0.2, 0) is 7.05 Å². The molecule has 2 rings (SSSR count). The molecule has 3 nitrogen and oxygen atoms in total. The molecule has 0 aliphatic carbocycles. The van der Waals surface area contributed by atoms with Gasteiger partial charge in [0.1, 0.15) is 0 Å². The van der Waals surface area contributed by atoms with Crippen LogP contribution >= 0.6 is 23.8 Å². The molecular formula is C10H10ClN3S. The molecule has 0 saturated heterocycles. The van der Waals surface area contributed by atoms with Gasteiger partial charge in [-0.3, -0.25) is 9.78 Å². The lowest BCUT2D eigenvalue weighted by Crippen LogP contribution is -1.89. The molecule has 0 amide bonds. The largest absolute Gasteiger partial charge is 0.279 e. The van der Waals surface area contributed by atoms with E-state index in [0.29, 0.717) is 4.77 Å². The summed E-state index contributed by atoms with van der Waals surface area (Å²) in [7, 11) is 1.83. The van der Waals surface area contributed by atoms with Crippen molar-refractivity contribution < 1.29 is 0 Å². The fourth-order valence-electron chi connectivity index (χ4n) is 1.27. The molecule has 0 spiro atoms. The van der Waals surface area contributed by atoms with Crippen LogP contribution in [0.5, 0.6) is 0 Å². The predicted octanol–water partition coefficient (Wildman–Crippen LogP) is 3.11. The Balaban J connectivity index is 2.54. The van der Waals surface area contributed by atoms with E-state index in [4.69, 9.17) is 23.8 Å². The van der Waals surface area contributed by atoms with Gasteiger partial charge in [0.25, 0.3) is 0 Å². The van der Waals surface area contributed by atoms with Gasteiger partial charge in [-0.2, -0.15) is 4.98 Å². The van der Waals surface area contributed by atoms with Gasteiger partial charge in [-0.15, -0.1) is 0 Å². The molecule has 0 aliphatic heterocycles. The van der Waals surface area contributed by atoms with Crippen molar-refractivity contribution >= 4 is 23.8 Å². The Morgan fingerprint density at radius 2 is 2.20 bits per heavy atom. The summed E-state index contributed by atoms with van der Waals surface area (Å²) < 4.78 is 2.22. The van der Waals surface area contributed by atoms with E-state index in [-0.39, 0.29) is 0 Å². The van der Waals surface area contributed by atoms with Crippen molar-refractivity contribution in [2.45, 2.75) is 6.92 Å². The number of H-pyrrole nitrogens is 1. The summed E-state index contributed by atoms with van der Waals surface area (Å²) in [6.45, 7) is 1.97. The first-order chi connectivity index (χ1) is 7.08. The first-order valence-corrected chi connectivity index (χ1v) is 5.26. The third-order valence-corrected chi connectivity index (χ3v) is 2.99. The number of aryl methyl sites for hydroxylation is 2. The van der Waals surface area contributed by atoms with Crippen LogP contribution in [0.4, 0.5) is 0 Å². The van der Waals surface area contributed by atoms with Crippen LogP contribution < -0.4 is 0 Å².